The van der Waals surface area contributed by atoms with Crippen LogP contribution in [0.2, 0.25) is 5.02 Å². The summed E-state index contributed by atoms with van der Waals surface area (Å²) in [5.74, 6) is 0.499. The molecule has 20 heavy (non-hydrogen) atoms. The van der Waals surface area contributed by atoms with E-state index in [1.165, 1.54) is 0 Å². The molecular weight excluding hydrogens is 279 g/mol. The van der Waals surface area contributed by atoms with Gasteiger partial charge in [-0.1, -0.05) is 11.6 Å². The zero-order valence-corrected chi connectivity index (χ0v) is 12.0. The van der Waals surface area contributed by atoms with E-state index >= 15 is 0 Å². The normalized spacial score (nSPS) is 17.4. The molecule has 1 aliphatic carbocycles. The molecule has 1 heterocycles. The smallest absolute Gasteiger partial charge is 0.151 e. The second-order valence-electron chi connectivity index (χ2n) is 5.09. The Morgan fingerprint density at radius 3 is 3.10 bits per heavy atom. The Morgan fingerprint density at radius 2 is 2.35 bits per heavy atom. The molecule has 4 nitrogen and oxygen atoms in total. The highest BCUT2D eigenvalue weighted by Crippen LogP contribution is 2.34. The van der Waals surface area contributed by atoms with Gasteiger partial charge in [-0.3, -0.25) is 4.68 Å². The van der Waals surface area contributed by atoms with Gasteiger partial charge in [-0.2, -0.15) is 5.10 Å². The van der Waals surface area contributed by atoms with Crippen molar-refractivity contribution >= 4 is 11.6 Å². The lowest BCUT2D eigenvalue weighted by Crippen LogP contribution is -2.22. The van der Waals surface area contributed by atoms with Crippen molar-refractivity contribution in [2.45, 2.75) is 25.3 Å². The molecule has 0 amide bonds. The Kier molecular flexibility index (Phi) is 3.72. The van der Waals surface area contributed by atoms with Crippen molar-refractivity contribution in [1.82, 2.24) is 20.1 Å². The highest BCUT2D eigenvalue weighted by molar-refractivity contribution is 6.30. The number of hydrogen-bond acceptors (Lipinski definition) is 3. The second kappa shape index (κ2) is 5.50. The standard InChI is InChI=1S/C14H16ClFN4/c1-20-8-18-14(19-20)4-5-17-13-3-2-9-6-12(16)11(15)7-10(9)13/h6-8,13,17H,2-5H2,1H3. The molecule has 1 N–H and O–H groups in total. The van der Waals surface area contributed by atoms with Crippen LogP contribution in [0.4, 0.5) is 4.39 Å². The van der Waals surface area contributed by atoms with E-state index in [-0.39, 0.29) is 16.9 Å². The molecule has 2 aromatic rings. The van der Waals surface area contributed by atoms with E-state index in [0.717, 1.165) is 42.8 Å². The van der Waals surface area contributed by atoms with Gasteiger partial charge in [-0.15, -0.1) is 0 Å². The summed E-state index contributed by atoms with van der Waals surface area (Å²) in [7, 11) is 1.85. The van der Waals surface area contributed by atoms with Crippen molar-refractivity contribution in [1.29, 1.82) is 0 Å². The number of fused-ring (bicyclic) bond motifs is 1. The Labute approximate surface area is 122 Å². The summed E-state index contributed by atoms with van der Waals surface area (Å²) < 4.78 is 15.1. The lowest BCUT2D eigenvalue weighted by Gasteiger charge is -2.13. The van der Waals surface area contributed by atoms with Gasteiger partial charge in [0.05, 0.1) is 5.02 Å². The van der Waals surface area contributed by atoms with Crippen LogP contribution in [0.25, 0.3) is 0 Å². The molecule has 1 aromatic carbocycles. The molecule has 6 heteroatoms. The number of rotatable bonds is 4. The molecule has 0 bridgehead atoms. The minimum Gasteiger partial charge on any atom is -0.309 e. The van der Waals surface area contributed by atoms with Crippen LogP contribution in [0.3, 0.4) is 0 Å². The Balaban J connectivity index is 1.62. The van der Waals surface area contributed by atoms with E-state index < -0.39 is 0 Å². The summed E-state index contributed by atoms with van der Waals surface area (Å²) in [4.78, 5) is 4.19. The predicted octanol–water partition coefficient (Wildman–Crippen LogP) is 2.43. The maximum Gasteiger partial charge on any atom is 0.151 e. The van der Waals surface area contributed by atoms with Gasteiger partial charge < -0.3 is 5.32 Å². The Morgan fingerprint density at radius 1 is 1.50 bits per heavy atom. The Bertz CT molecular complexity index is 626. The van der Waals surface area contributed by atoms with Gasteiger partial charge in [0, 0.05) is 26.1 Å². The van der Waals surface area contributed by atoms with Gasteiger partial charge >= 0.3 is 0 Å². The number of nitrogens with one attached hydrogen (secondary N) is 1. The number of hydrogen-bond donors (Lipinski definition) is 1. The maximum atomic E-state index is 13.4. The van der Waals surface area contributed by atoms with Crippen LogP contribution in [-0.4, -0.2) is 21.3 Å². The fourth-order valence-corrected chi connectivity index (χ4v) is 2.84. The van der Waals surface area contributed by atoms with Gasteiger partial charge in [0.25, 0.3) is 0 Å². The maximum absolute atomic E-state index is 13.4. The van der Waals surface area contributed by atoms with Crippen molar-refractivity contribution in [3.05, 3.63) is 46.3 Å². The lowest BCUT2D eigenvalue weighted by molar-refractivity contribution is 0.528. The summed E-state index contributed by atoms with van der Waals surface area (Å²) in [5.41, 5.74) is 2.17. The average Bonchev–Trinajstić information content (AvgIpc) is 2.98. The van der Waals surface area contributed by atoms with Gasteiger partial charge in [-0.25, -0.2) is 9.37 Å². The van der Waals surface area contributed by atoms with Gasteiger partial charge in [0.1, 0.15) is 12.1 Å². The highest BCUT2D eigenvalue weighted by Gasteiger charge is 2.23. The molecule has 0 saturated heterocycles. The third-order valence-corrected chi connectivity index (χ3v) is 3.94. The Hall–Kier alpha value is -1.46. The van der Waals surface area contributed by atoms with Crippen LogP contribution >= 0.6 is 11.6 Å². The zero-order valence-electron chi connectivity index (χ0n) is 11.2. The predicted molar refractivity (Wildman–Crippen MR) is 75.2 cm³/mol. The molecule has 1 aliphatic rings. The zero-order chi connectivity index (χ0) is 14.1. The molecule has 0 aliphatic heterocycles. The first-order valence-corrected chi connectivity index (χ1v) is 7.07. The van der Waals surface area contributed by atoms with Crippen LogP contribution in [0.15, 0.2) is 18.5 Å². The number of aryl methyl sites for hydroxylation is 2. The minimum absolute atomic E-state index is 0.198. The quantitative estimate of drug-likeness (QED) is 0.942. The van der Waals surface area contributed by atoms with Crippen molar-refractivity contribution in [2.24, 2.45) is 7.05 Å². The number of halogens is 2. The topological polar surface area (TPSA) is 42.7 Å². The third-order valence-electron chi connectivity index (χ3n) is 3.65. The molecule has 0 spiro atoms. The number of aromatic nitrogens is 3. The first-order valence-electron chi connectivity index (χ1n) is 6.69. The second-order valence-corrected chi connectivity index (χ2v) is 5.50. The van der Waals surface area contributed by atoms with E-state index in [4.69, 9.17) is 11.6 Å². The first kappa shape index (κ1) is 13.5. The third kappa shape index (κ3) is 2.69. The molecule has 0 saturated carbocycles. The van der Waals surface area contributed by atoms with Crippen LogP contribution in [0.5, 0.6) is 0 Å². The number of nitrogens with zero attached hydrogens (tertiary/aromatic N) is 3. The van der Waals surface area contributed by atoms with E-state index in [2.05, 4.69) is 15.4 Å². The highest BCUT2D eigenvalue weighted by atomic mass is 35.5. The first-order chi connectivity index (χ1) is 9.63. The van der Waals surface area contributed by atoms with Crippen molar-refractivity contribution < 1.29 is 4.39 Å². The molecule has 1 aromatic heterocycles. The molecule has 3 rings (SSSR count). The fraction of sp³-hybridized carbons (Fsp3) is 0.429. The van der Waals surface area contributed by atoms with Crippen LogP contribution < -0.4 is 5.32 Å². The molecule has 0 fully saturated rings. The molecule has 0 radical (unpaired) electrons. The summed E-state index contributed by atoms with van der Waals surface area (Å²) >= 11 is 5.86. The molecule has 106 valence electrons. The van der Waals surface area contributed by atoms with Crippen LogP contribution in [0.1, 0.15) is 29.4 Å². The summed E-state index contributed by atoms with van der Waals surface area (Å²) in [5, 5.41) is 7.91. The van der Waals surface area contributed by atoms with Crippen LogP contribution in [0, 0.1) is 5.82 Å². The van der Waals surface area contributed by atoms with Gasteiger partial charge in [0.2, 0.25) is 0 Å². The van der Waals surface area contributed by atoms with Crippen molar-refractivity contribution in [3.8, 4) is 0 Å². The van der Waals surface area contributed by atoms with E-state index in [1.54, 1.807) is 23.1 Å². The van der Waals surface area contributed by atoms with Crippen molar-refractivity contribution in [2.75, 3.05) is 6.54 Å². The van der Waals surface area contributed by atoms with E-state index in [1.807, 2.05) is 7.05 Å². The van der Waals surface area contributed by atoms with E-state index in [0.29, 0.717) is 0 Å². The summed E-state index contributed by atoms with van der Waals surface area (Å²) in [6.07, 6.45) is 4.35. The molecule has 1 unspecified atom stereocenters. The minimum atomic E-state index is -0.330. The SMILES string of the molecule is Cn1cnc(CCNC2CCc3cc(F)c(Cl)cc32)n1. The summed E-state index contributed by atoms with van der Waals surface area (Å²) in [6.45, 7) is 0.795. The fourth-order valence-electron chi connectivity index (χ4n) is 2.67. The van der Waals surface area contributed by atoms with Crippen molar-refractivity contribution in [3.63, 3.8) is 0 Å². The van der Waals surface area contributed by atoms with Crippen LogP contribution in [-0.2, 0) is 19.9 Å². The summed E-state index contributed by atoms with van der Waals surface area (Å²) in [6, 6.07) is 3.54. The molecule has 1 atom stereocenters. The molecular formula is C14H16ClFN4. The number of benzene rings is 1. The lowest BCUT2D eigenvalue weighted by atomic mass is 10.1. The van der Waals surface area contributed by atoms with Gasteiger partial charge in [0.15, 0.2) is 5.82 Å². The van der Waals surface area contributed by atoms with E-state index in [9.17, 15) is 4.39 Å². The monoisotopic (exact) mass is 294 g/mol. The largest absolute Gasteiger partial charge is 0.309 e. The van der Waals surface area contributed by atoms with Gasteiger partial charge in [-0.05, 0) is 36.1 Å². The average molecular weight is 295 g/mol.